The van der Waals surface area contributed by atoms with Gasteiger partial charge in [-0.25, -0.2) is 4.98 Å². The van der Waals surface area contributed by atoms with Crippen LogP contribution in [0, 0.1) is 5.92 Å². The first-order chi connectivity index (χ1) is 9.02. The third kappa shape index (κ3) is 3.08. The maximum absolute atomic E-state index is 11.3. The SMILES string of the molecule is CCN(CC(C)C)c1nc2c(s1)CCCC2C(=O)O. The van der Waals surface area contributed by atoms with Crippen LogP contribution in [-0.4, -0.2) is 29.1 Å². The molecule has 1 heterocycles. The zero-order chi connectivity index (χ0) is 14.0. The highest BCUT2D eigenvalue weighted by molar-refractivity contribution is 7.15. The van der Waals surface area contributed by atoms with Crippen LogP contribution in [0.5, 0.6) is 0 Å². The quantitative estimate of drug-likeness (QED) is 0.901. The van der Waals surface area contributed by atoms with Crippen LogP contribution in [-0.2, 0) is 11.2 Å². The summed E-state index contributed by atoms with van der Waals surface area (Å²) >= 11 is 1.68. The van der Waals surface area contributed by atoms with Gasteiger partial charge in [0.1, 0.15) is 5.92 Å². The van der Waals surface area contributed by atoms with E-state index in [0.717, 1.165) is 43.2 Å². The molecule has 1 aliphatic rings. The molecule has 106 valence electrons. The van der Waals surface area contributed by atoms with Crippen molar-refractivity contribution in [3.8, 4) is 0 Å². The number of aliphatic carboxylic acids is 1. The fourth-order valence-corrected chi connectivity index (χ4v) is 3.80. The molecule has 1 aromatic heterocycles. The largest absolute Gasteiger partial charge is 0.481 e. The molecule has 0 aromatic carbocycles. The van der Waals surface area contributed by atoms with Crippen molar-refractivity contribution in [2.45, 2.75) is 46.0 Å². The second kappa shape index (κ2) is 5.90. The van der Waals surface area contributed by atoms with E-state index in [2.05, 4.69) is 30.7 Å². The van der Waals surface area contributed by atoms with E-state index in [9.17, 15) is 9.90 Å². The first-order valence-electron chi connectivity index (χ1n) is 7.00. The zero-order valence-corrected chi connectivity index (χ0v) is 12.7. The molecule has 0 fully saturated rings. The molecule has 1 unspecified atom stereocenters. The summed E-state index contributed by atoms with van der Waals surface area (Å²) in [6.45, 7) is 8.40. The molecule has 0 spiro atoms. The number of anilines is 1. The van der Waals surface area contributed by atoms with E-state index in [1.165, 1.54) is 4.88 Å². The van der Waals surface area contributed by atoms with Gasteiger partial charge in [0.25, 0.3) is 0 Å². The fourth-order valence-electron chi connectivity index (χ4n) is 2.56. The van der Waals surface area contributed by atoms with Crippen LogP contribution in [0.15, 0.2) is 0 Å². The van der Waals surface area contributed by atoms with E-state index in [1.54, 1.807) is 11.3 Å². The third-order valence-corrected chi connectivity index (χ3v) is 4.67. The number of nitrogens with zero attached hydrogens (tertiary/aromatic N) is 2. The van der Waals surface area contributed by atoms with Gasteiger partial charge in [-0.15, -0.1) is 11.3 Å². The molecule has 1 atom stereocenters. The Bertz CT molecular complexity index is 456. The minimum Gasteiger partial charge on any atom is -0.481 e. The van der Waals surface area contributed by atoms with Gasteiger partial charge in [0.05, 0.1) is 5.69 Å². The molecule has 1 aliphatic carbocycles. The molecule has 19 heavy (non-hydrogen) atoms. The van der Waals surface area contributed by atoms with Crippen LogP contribution in [0.3, 0.4) is 0 Å². The van der Waals surface area contributed by atoms with Crippen molar-refractivity contribution in [1.82, 2.24) is 4.98 Å². The van der Waals surface area contributed by atoms with Gasteiger partial charge in [-0.1, -0.05) is 13.8 Å². The highest BCUT2D eigenvalue weighted by Crippen LogP contribution is 2.38. The van der Waals surface area contributed by atoms with Crippen LogP contribution >= 0.6 is 11.3 Å². The average Bonchev–Trinajstić information content (AvgIpc) is 2.78. The van der Waals surface area contributed by atoms with Gasteiger partial charge >= 0.3 is 5.97 Å². The van der Waals surface area contributed by atoms with Crippen LogP contribution in [0.25, 0.3) is 0 Å². The standard InChI is InChI=1S/C14H22N2O2S/c1-4-16(8-9(2)3)14-15-12-10(13(17)18)6-5-7-11(12)19-14/h9-10H,4-8H2,1-3H3,(H,17,18). The lowest BCUT2D eigenvalue weighted by molar-refractivity contribution is -0.139. The lowest BCUT2D eigenvalue weighted by atomic mass is 9.91. The molecule has 0 radical (unpaired) electrons. The highest BCUT2D eigenvalue weighted by atomic mass is 32.1. The normalized spacial score (nSPS) is 18.4. The van der Waals surface area contributed by atoms with Crippen molar-refractivity contribution in [1.29, 1.82) is 0 Å². The van der Waals surface area contributed by atoms with Gasteiger partial charge in [0.2, 0.25) is 0 Å². The van der Waals surface area contributed by atoms with E-state index in [1.807, 2.05) is 0 Å². The molecule has 0 saturated heterocycles. The van der Waals surface area contributed by atoms with E-state index in [4.69, 9.17) is 0 Å². The summed E-state index contributed by atoms with van der Waals surface area (Å²) < 4.78 is 0. The Morgan fingerprint density at radius 2 is 2.32 bits per heavy atom. The van der Waals surface area contributed by atoms with Gasteiger partial charge in [0, 0.05) is 18.0 Å². The molecule has 0 amide bonds. The summed E-state index contributed by atoms with van der Waals surface area (Å²) in [6, 6.07) is 0. The minimum atomic E-state index is -0.732. The van der Waals surface area contributed by atoms with E-state index < -0.39 is 11.9 Å². The molecule has 2 rings (SSSR count). The monoisotopic (exact) mass is 282 g/mol. The molecule has 0 bridgehead atoms. The molecule has 1 aromatic rings. The summed E-state index contributed by atoms with van der Waals surface area (Å²) in [5.74, 6) is -0.549. The maximum atomic E-state index is 11.3. The maximum Gasteiger partial charge on any atom is 0.312 e. The molecule has 4 nitrogen and oxygen atoms in total. The first-order valence-corrected chi connectivity index (χ1v) is 7.81. The molecular weight excluding hydrogens is 260 g/mol. The highest BCUT2D eigenvalue weighted by Gasteiger charge is 2.30. The van der Waals surface area contributed by atoms with Crippen molar-refractivity contribution >= 4 is 22.4 Å². The number of carbonyl (C=O) groups is 1. The summed E-state index contributed by atoms with van der Waals surface area (Å²) in [5.41, 5.74) is 0.820. The Kier molecular flexibility index (Phi) is 4.45. The summed E-state index contributed by atoms with van der Waals surface area (Å²) in [6.07, 6.45) is 2.67. The van der Waals surface area contributed by atoms with Crippen LogP contribution in [0.4, 0.5) is 5.13 Å². The first kappa shape index (κ1) is 14.3. The molecule has 5 heteroatoms. The van der Waals surface area contributed by atoms with Crippen molar-refractivity contribution in [2.24, 2.45) is 5.92 Å². The van der Waals surface area contributed by atoms with Crippen molar-refractivity contribution in [3.63, 3.8) is 0 Å². The van der Waals surface area contributed by atoms with Crippen molar-refractivity contribution < 1.29 is 9.90 Å². The van der Waals surface area contributed by atoms with Gasteiger partial charge in [0.15, 0.2) is 5.13 Å². The number of thiazole rings is 1. The number of hydrogen-bond donors (Lipinski definition) is 1. The second-order valence-electron chi connectivity index (χ2n) is 5.52. The number of aryl methyl sites for hydroxylation is 1. The van der Waals surface area contributed by atoms with Crippen molar-refractivity contribution in [2.75, 3.05) is 18.0 Å². The van der Waals surface area contributed by atoms with Crippen molar-refractivity contribution in [3.05, 3.63) is 10.6 Å². The summed E-state index contributed by atoms with van der Waals surface area (Å²) in [5, 5.41) is 10.3. The number of aromatic nitrogens is 1. The van der Waals surface area contributed by atoms with Gasteiger partial charge in [-0.05, 0) is 32.1 Å². The predicted molar refractivity (Wildman–Crippen MR) is 78.2 cm³/mol. The van der Waals surface area contributed by atoms with E-state index >= 15 is 0 Å². The molecule has 0 saturated carbocycles. The average molecular weight is 282 g/mol. The Labute approximate surface area is 118 Å². The Morgan fingerprint density at radius 1 is 1.58 bits per heavy atom. The minimum absolute atomic E-state index is 0.397. The fraction of sp³-hybridized carbons (Fsp3) is 0.714. The van der Waals surface area contributed by atoms with Crippen LogP contribution < -0.4 is 4.90 Å². The number of hydrogen-bond acceptors (Lipinski definition) is 4. The number of fused-ring (bicyclic) bond motifs is 1. The van der Waals surface area contributed by atoms with Gasteiger partial charge < -0.3 is 10.0 Å². The van der Waals surface area contributed by atoms with E-state index in [0.29, 0.717) is 5.92 Å². The van der Waals surface area contributed by atoms with Crippen LogP contribution in [0.1, 0.15) is 50.1 Å². The Balaban J connectivity index is 2.27. The topological polar surface area (TPSA) is 53.4 Å². The third-order valence-electron chi connectivity index (χ3n) is 3.48. The number of carboxylic acids is 1. The Hall–Kier alpha value is -1.10. The molecule has 1 N–H and O–H groups in total. The zero-order valence-electron chi connectivity index (χ0n) is 11.8. The predicted octanol–water partition coefficient (Wildman–Crippen LogP) is 3.13. The number of rotatable bonds is 5. The van der Waals surface area contributed by atoms with Gasteiger partial charge in [-0.2, -0.15) is 0 Å². The lowest BCUT2D eigenvalue weighted by Gasteiger charge is -2.21. The summed E-state index contributed by atoms with van der Waals surface area (Å²) in [7, 11) is 0. The summed E-state index contributed by atoms with van der Waals surface area (Å²) in [4.78, 5) is 19.4. The number of carboxylic acid groups (broad SMARTS) is 1. The lowest BCUT2D eigenvalue weighted by Crippen LogP contribution is -2.27. The van der Waals surface area contributed by atoms with Crippen LogP contribution in [0.2, 0.25) is 0 Å². The van der Waals surface area contributed by atoms with E-state index in [-0.39, 0.29) is 0 Å². The molecule has 0 aliphatic heterocycles. The smallest absolute Gasteiger partial charge is 0.312 e. The molecular formula is C14H22N2O2S. The second-order valence-corrected chi connectivity index (χ2v) is 6.58. The van der Waals surface area contributed by atoms with Gasteiger partial charge in [-0.3, -0.25) is 4.79 Å². The Morgan fingerprint density at radius 3 is 2.89 bits per heavy atom.